The van der Waals surface area contributed by atoms with Gasteiger partial charge in [-0.25, -0.2) is 0 Å². The molecule has 4 aliphatic rings. The van der Waals surface area contributed by atoms with Gasteiger partial charge in [-0.2, -0.15) is 5.10 Å². The van der Waals surface area contributed by atoms with Crippen molar-refractivity contribution in [3.63, 3.8) is 0 Å². The molecule has 1 aromatic rings. The first kappa shape index (κ1) is 16.4. The molecular weight excluding hydrogens is 328 g/mol. The van der Waals surface area contributed by atoms with E-state index in [2.05, 4.69) is 15.3 Å². The van der Waals surface area contributed by atoms with Gasteiger partial charge in [0.2, 0.25) is 5.91 Å². The number of hydrogen-bond donors (Lipinski definition) is 1. The van der Waals surface area contributed by atoms with Gasteiger partial charge >= 0.3 is 0 Å². The summed E-state index contributed by atoms with van der Waals surface area (Å²) in [5, 5.41) is 7.68. The Morgan fingerprint density at radius 1 is 1.25 bits per heavy atom. The summed E-state index contributed by atoms with van der Waals surface area (Å²) in [5.74, 6) is 1.81. The number of likely N-dealkylation sites (tertiary alicyclic amines) is 1. The fourth-order valence-corrected chi connectivity index (χ4v) is 5.29. The number of fused-ring (bicyclic) bond motifs is 5. The van der Waals surface area contributed by atoms with Gasteiger partial charge in [-0.15, -0.1) is 12.4 Å². The zero-order valence-electron chi connectivity index (χ0n) is 13.9. The summed E-state index contributed by atoms with van der Waals surface area (Å²) in [7, 11) is 1.93. The van der Waals surface area contributed by atoms with Crippen LogP contribution in [0.1, 0.15) is 24.3 Å². The van der Waals surface area contributed by atoms with E-state index in [0.29, 0.717) is 30.0 Å². The van der Waals surface area contributed by atoms with Gasteiger partial charge in [0.15, 0.2) is 0 Å². The molecule has 4 aliphatic heterocycles. The Morgan fingerprint density at radius 2 is 1.96 bits per heavy atom. The Bertz CT molecular complexity index is 618. The standard InChI is InChI=1S/C17H24N4O2.ClH/c1-20-7-10(4-19-20)11-5-18-6-12(11)17(22)21-8-13-14(9-21)16-3-2-15(13)23-16;/h4,7,11-16,18H,2-3,5-6,8-9H2,1H3;1H/t11-,12+,13?,14?,15?,16?;/m1./s1. The van der Waals surface area contributed by atoms with Crippen LogP contribution in [0, 0.1) is 17.8 Å². The predicted molar refractivity (Wildman–Crippen MR) is 91.0 cm³/mol. The molecule has 5 rings (SSSR count). The van der Waals surface area contributed by atoms with Gasteiger partial charge in [0, 0.05) is 57.2 Å². The molecule has 1 N–H and O–H groups in total. The molecule has 1 aromatic heterocycles. The molecule has 0 radical (unpaired) electrons. The zero-order chi connectivity index (χ0) is 15.6. The van der Waals surface area contributed by atoms with Crippen molar-refractivity contribution in [3.05, 3.63) is 18.0 Å². The van der Waals surface area contributed by atoms with Crippen molar-refractivity contribution in [2.24, 2.45) is 24.8 Å². The molecule has 4 unspecified atom stereocenters. The number of aryl methyl sites for hydroxylation is 1. The number of nitrogens with one attached hydrogen (secondary N) is 1. The maximum Gasteiger partial charge on any atom is 0.227 e. The third-order valence-corrected chi connectivity index (χ3v) is 6.45. The van der Waals surface area contributed by atoms with E-state index >= 15 is 0 Å². The minimum Gasteiger partial charge on any atom is -0.374 e. The molecule has 6 atom stereocenters. The fraction of sp³-hybridized carbons (Fsp3) is 0.765. The van der Waals surface area contributed by atoms with Gasteiger partial charge in [0.05, 0.1) is 24.3 Å². The topological polar surface area (TPSA) is 59.4 Å². The van der Waals surface area contributed by atoms with Gasteiger partial charge in [0.1, 0.15) is 0 Å². The molecule has 4 fully saturated rings. The van der Waals surface area contributed by atoms with E-state index in [0.717, 1.165) is 26.2 Å². The number of amides is 1. The van der Waals surface area contributed by atoms with E-state index in [-0.39, 0.29) is 24.2 Å². The van der Waals surface area contributed by atoms with Crippen LogP contribution in [0.15, 0.2) is 12.4 Å². The van der Waals surface area contributed by atoms with Gasteiger partial charge in [0.25, 0.3) is 0 Å². The van der Waals surface area contributed by atoms with Crippen LogP contribution >= 0.6 is 12.4 Å². The fourth-order valence-electron chi connectivity index (χ4n) is 5.29. The van der Waals surface area contributed by atoms with Crippen molar-refractivity contribution in [2.75, 3.05) is 26.2 Å². The summed E-state index contributed by atoms with van der Waals surface area (Å²) in [6, 6.07) is 0. The van der Waals surface area contributed by atoms with Gasteiger partial charge in [-0.3, -0.25) is 9.48 Å². The molecule has 0 spiro atoms. The number of carbonyl (C=O) groups is 1. The molecule has 0 saturated carbocycles. The first-order valence-electron chi connectivity index (χ1n) is 8.84. The van der Waals surface area contributed by atoms with Gasteiger partial charge in [-0.05, 0) is 18.4 Å². The van der Waals surface area contributed by atoms with E-state index in [9.17, 15) is 4.79 Å². The number of aromatic nitrogens is 2. The Morgan fingerprint density at radius 3 is 2.58 bits per heavy atom. The van der Waals surface area contributed by atoms with E-state index in [1.165, 1.54) is 18.4 Å². The largest absolute Gasteiger partial charge is 0.374 e. The molecule has 132 valence electrons. The van der Waals surface area contributed by atoms with Crippen molar-refractivity contribution in [1.82, 2.24) is 20.0 Å². The average Bonchev–Trinajstić information content (AvgIpc) is 3.31. The second-order valence-electron chi connectivity index (χ2n) is 7.68. The lowest BCUT2D eigenvalue weighted by Gasteiger charge is -2.25. The van der Waals surface area contributed by atoms with E-state index in [4.69, 9.17) is 4.74 Å². The Kier molecular flexibility index (Phi) is 4.09. The smallest absolute Gasteiger partial charge is 0.227 e. The molecule has 0 aromatic carbocycles. The SMILES string of the molecule is Cl.Cn1cc([C@H]2CNC[C@@H]2C(=O)N2CC3C4CCC(O4)C3C2)cn1. The summed E-state index contributed by atoms with van der Waals surface area (Å²) in [6.07, 6.45) is 7.17. The Balaban J connectivity index is 0.00000146. The highest BCUT2D eigenvalue weighted by Gasteiger charge is 2.54. The Labute approximate surface area is 148 Å². The summed E-state index contributed by atoms with van der Waals surface area (Å²) in [4.78, 5) is 15.3. The highest BCUT2D eigenvalue weighted by atomic mass is 35.5. The highest BCUT2D eigenvalue weighted by molar-refractivity contribution is 5.85. The van der Waals surface area contributed by atoms with Crippen molar-refractivity contribution in [1.29, 1.82) is 0 Å². The number of halogens is 1. The maximum absolute atomic E-state index is 13.1. The third-order valence-electron chi connectivity index (χ3n) is 6.45. The quantitative estimate of drug-likeness (QED) is 0.854. The summed E-state index contributed by atoms with van der Waals surface area (Å²) in [5.41, 5.74) is 1.18. The van der Waals surface area contributed by atoms with Crippen LogP contribution in [0.4, 0.5) is 0 Å². The zero-order valence-corrected chi connectivity index (χ0v) is 14.7. The van der Waals surface area contributed by atoms with Crippen LogP contribution < -0.4 is 5.32 Å². The van der Waals surface area contributed by atoms with Crippen molar-refractivity contribution >= 4 is 18.3 Å². The first-order valence-corrected chi connectivity index (χ1v) is 8.84. The molecule has 4 saturated heterocycles. The number of rotatable bonds is 2. The monoisotopic (exact) mass is 352 g/mol. The number of nitrogens with zero attached hydrogens (tertiary/aromatic N) is 3. The lowest BCUT2D eigenvalue weighted by atomic mass is 9.82. The van der Waals surface area contributed by atoms with Crippen LogP contribution in [0.25, 0.3) is 0 Å². The van der Waals surface area contributed by atoms with E-state index in [1.54, 1.807) is 0 Å². The van der Waals surface area contributed by atoms with Crippen molar-refractivity contribution in [2.45, 2.75) is 31.0 Å². The second-order valence-corrected chi connectivity index (χ2v) is 7.68. The Hall–Kier alpha value is -1.11. The minimum absolute atomic E-state index is 0. The molecule has 5 heterocycles. The molecule has 1 amide bonds. The minimum atomic E-state index is 0. The molecule has 24 heavy (non-hydrogen) atoms. The molecule has 0 aliphatic carbocycles. The predicted octanol–water partition coefficient (Wildman–Crippen LogP) is 0.781. The van der Waals surface area contributed by atoms with Crippen LogP contribution in [-0.2, 0) is 16.6 Å². The second kappa shape index (κ2) is 6.00. The lowest BCUT2D eigenvalue weighted by Crippen LogP contribution is -2.38. The van der Waals surface area contributed by atoms with Gasteiger partial charge in [-0.1, -0.05) is 0 Å². The van der Waals surface area contributed by atoms with Crippen molar-refractivity contribution in [3.8, 4) is 0 Å². The molecular formula is C17H25ClN4O2. The normalized spacial score (nSPS) is 40.0. The number of carbonyl (C=O) groups excluding carboxylic acids is 1. The number of ether oxygens (including phenoxy) is 1. The number of hydrogen-bond acceptors (Lipinski definition) is 4. The molecule has 6 nitrogen and oxygen atoms in total. The van der Waals surface area contributed by atoms with E-state index in [1.807, 2.05) is 24.1 Å². The third kappa shape index (κ3) is 2.38. The molecule has 7 heteroatoms. The summed E-state index contributed by atoms with van der Waals surface area (Å²) < 4.78 is 7.85. The maximum atomic E-state index is 13.1. The summed E-state index contributed by atoms with van der Waals surface area (Å²) in [6.45, 7) is 3.46. The van der Waals surface area contributed by atoms with Crippen LogP contribution in [0.5, 0.6) is 0 Å². The van der Waals surface area contributed by atoms with Crippen LogP contribution in [0.2, 0.25) is 0 Å². The summed E-state index contributed by atoms with van der Waals surface area (Å²) >= 11 is 0. The van der Waals surface area contributed by atoms with E-state index < -0.39 is 0 Å². The lowest BCUT2D eigenvalue weighted by molar-refractivity contribution is -0.135. The van der Waals surface area contributed by atoms with Crippen LogP contribution in [0.3, 0.4) is 0 Å². The molecule has 2 bridgehead atoms. The van der Waals surface area contributed by atoms with Crippen LogP contribution in [-0.4, -0.2) is 59.0 Å². The van der Waals surface area contributed by atoms with Gasteiger partial charge < -0.3 is 15.0 Å². The van der Waals surface area contributed by atoms with Crippen molar-refractivity contribution < 1.29 is 9.53 Å². The first-order chi connectivity index (χ1) is 11.2. The highest BCUT2D eigenvalue weighted by Crippen LogP contribution is 2.47. The average molecular weight is 353 g/mol.